The third-order valence-electron chi connectivity index (χ3n) is 3.58. The van der Waals surface area contributed by atoms with E-state index in [9.17, 15) is 8.42 Å². The first-order chi connectivity index (χ1) is 10.5. The fraction of sp³-hybridized carbons (Fsp3) is 0.294. The molecule has 0 bridgehead atoms. The van der Waals surface area contributed by atoms with Crippen molar-refractivity contribution < 1.29 is 13.2 Å². The van der Waals surface area contributed by atoms with Crippen LogP contribution in [0.5, 0.6) is 0 Å². The second-order valence-electron chi connectivity index (χ2n) is 5.57. The molecule has 22 heavy (non-hydrogen) atoms. The first kappa shape index (κ1) is 15.1. The first-order valence-corrected chi connectivity index (χ1v) is 8.88. The van der Waals surface area contributed by atoms with Gasteiger partial charge in [0.25, 0.3) is 0 Å². The highest BCUT2D eigenvalue weighted by atomic mass is 32.2. The highest BCUT2D eigenvalue weighted by Crippen LogP contribution is 2.24. The summed E-state index contributed by atoms with van der Waals surface area (Å²) in [5, 5.41) is 0. The van der Waals surface area contributed by atoms with Gasteiger partial charge in [0.15, 0.2) is 0 Å². The monoisotopic (exact) mass is 317 g/mol. The van der Waals surface area contributed by atoms with E-state index in [4.69, 9.17) is 4.74 Å². The minimum atomic E-state index is -3.45. The van der Waals surface area contributed by atoms with E-state index >= 15 is 0 Å². The molecule has 0 spiro atoms. The maximum absolute atomic E-state index is 12.8. The van der Waals surface area contributed by atoms with Crippen molar-refractivity contribution in [3.63, 3.8) is 0 Å². The Morgan fingerprint density at radius 2 is 1.86 bits per heavy atom. The molecule has 1 heterocycles. The van der Waals surface area contributed by atoms with Gasteiger partial charge in [-0.25, -0.2) is 8.42 Å². The van der Waals surface area contributed by atoms with E-state index < -0.39 is 10.0 Å². The van der Waals surface area contributed by atoms with Crippen molar-refractivity contribution in [1.82, 2.24) is 0 Å². The van der Waals surface area contributed by atoms with Crippen LogP contribution < -0.4 is 4.31 Å². The summed E-state index contributed by atoms with van der Waals surface area (Å²) in [6.45, 7) is 2.96. The Kier molecular flexibility index (Phi) is 4.18. The standard InChI is InChI=1S/C17H19NO3S/c1-14-6-5-7-15(10-14)13-22(19,20)18(11-17-12-21-17)16-8-3-2-4-9-16/h2-10,17H,11-13H2,1H3. The van der Waals surface area contributed by atoms with Crippen LogP contribution >= 0.6 is 0 Å². The number of benzene rings is 2. The van der Waals surface area contributed by atoms with Gasteiger partial charge in [0.2, 0.25) is 10.0 Å². The van der Waals surface area contributed by atoms with Crippen molar-refractivity contribution in [2.75, 3.05) is 17.5 Å². The average molecular weight is 317 g/mol. The van der Waals surface area contributed by atoms with Gasteiger partial charge in [0.05, 0.1) is 30.7 Å². The average Bonchev–Trinajstić information content (AvgIpc) is 3.29. The molecule has 0 saturated carbocycles. The van der Waals surface area contributed by atoms with Gasteiger partial charge in [-0.05, 0) is 24.6 Å². The lowest BCUT2D eigenvalue weighted by atomic mass is 10.2. The molecule has 0 aromatic heterocycles. The number of nitrogens with zero attached hydrogens (tertiary/aromatic N) is 1. The topological polar surface area (TPSA) is 49.9 Å². The smallest absolute Gasteiger partial charge is 0.239 e. The predicted octanol–water partition coefficient (Wildman–Crippen LogP) is 2.73. The summed E-state index contributed by atoms with van der Waals surface area (Å²) in [5.41, 5.74) is 2.55. The Hall–Kier alpha value is -1.85. The van der Waals surface area contributed by atoms with Crippen molar-refractivity contribution in [3.05, 3.63) is 65.7 Å². The van der Waals surface area contributed by atoms with E-state index in [-0.39, 0.29) is 11.9 Å². The zero-order valence-electron chi connectivity index (χ0n) is 12.5. The van der Waals surface area contributed by atoms with Crippen LogP contribution in [0, 0.1) is 6.92 Å². The second kappa shape index (κ2) is 6.10. The molecule has 0 radical (unpaired) electrons. The number of sulfonamides is 1. The fourth-order valence-electron chi connectivity index (χ4n) is 2.42. The van der Waals surface area contributed by atoms with Crippen LogP contribution in [-0.2, 0) is 20.5 Å². The van der Waals surface area contributed by atoms with Crippen molar-refractivity contribution in [1.29, 1.82) is 0 Å². The maximum atomic E-state index is 12.8. The SMILES string of the molecule is Cc1cccc(CS(=O)(=O)N(CC2CO2)c2ccccc2)c1. The number of ether oxygens (including phenoxy) is 1. The number of epoxide rings is 1. The van der Waals surface area contributed by atoms with E-state index in [2.05, 4.69) is 0 Å². The van der Waals surface area contributed by atoms with Crippen LogP contribution in [0.2, 0.25) is 0 Å². The van der Waals surface area contributed by atoms with Gasteiger partial charge in [-0.2, -0.15) is 0 Å². The van der Waals surface area contributed by atoms with Crippen LogP contribution in [-0.4, -0.2) is 27.7 Å². The lowest BCUT2D eigenvalue weighted by molar-refractivity contribution is 0.412. The molecule has 1 unspecified atom stereocenters. The van der Waals surface area contributed by atoms with Gasteiger partial charge in [0, 0.05) is 0 Å². The lowest BCUT2D eigenvalue weighted by Gasteiger charge is -2.24. The van der Waals surface area contributed by atoms with Crippen LogP contribution in [0.1, 0.15) is 11.1 Å². The predicted molar refractivity (Wildman–Crippen MR) is 87.3 cm³/mol. The summed E-state index contributed by atoms with van der Waals surface area (Å²) in [5.74, 6) is -0.00368. The van der Waals surface area contributed by atoms with Crippen LogP contribution in [0.25, 0.3) is 0 Å². The first-order valence-electron chi connectivity index (χ1n) is 7.27. The number of hydrogen-bond donors (Lipinski definition) is 0. The summed E-state index contributed by atoms with van der Waals surface area (Å²) in [7, 11) is -3.45. The summed E-state index contributed by atoms with van der Waals surface area (Å²) in [4.78, 5) is 0. The van der Waals surface area contributed by atoms with Crippen molar-refractivity contribution in [3.8, 4) is 0 Å². The van der Waals surface area contributed by atoms with E-state index in [0.29, 0.717) is 18.8 Å². The molecule has 116 valence electrons. The molecule has 0 aliphatic carbocycles. The number of para-hydroxylation sites is 1. The zero-order chi connectivity index (χ0) is 15.6. The number of rotatable bonds is 6. The van der Waals surface area contributed by atoms with Gasteiger partial charge >= 0.3 is 0 Å². The lowest BCUT2D eigenvalue weighted by Crippen LogP contribution is -2.35. The Labute approximate surface area is 131 Å². The van der Waals surface area contributed by atoms with Gasteiger partial charge in [-0.1, -0.05) is 48.0 Å². The largest absolute Gasteiger partial charge is 0.371 e. The van der Waals surface area contributed by atoms with Gasteiger partial charge in [-0.15, -0.1) is 0 Å². The van der Waals surface area contributed by atoms with E-state index in [1.165, 1.54) is 4.31 Å². The molecule has 4 nitrogen and oxygen atoms in total. The Morgan fingerprint density at radius 3 is 2.50 bits per heavy atom. The van der Waals surface area contributed by atoms with Gasteiger partial charge in [0.1, 0.15) is 0 Å². The minimum absolute atomic E-state index is 0.00368. The molecule has 1 aliphatic heterocycles. The molecule has 1 saturated heterocycles. The van der Waals surface area contributed by atoms with Crippen molar-refractivity contribution in [2.24, 2.45) is 0 Å². The zero-order valence-corrected chi connectivity index (χ0v) is 13.3. The summed E-state index contributed by atoms with van der Waals surface area (Å²) < 4.78 is 32.4. The third-order valence-corrected chi connectivity index (χ3v) is 5.31. The molecule has 2 aromatic carbocycles. The van der Waals surface area contributed by atoms with Crippen LogP contribution in [0.3, 0.4) is 0 Å². The van der Waals surface area contributed by atoms with E-state index in [1.54, 1.807) is 0 Å². The van der Waals surface area contributed by atoms with Crippen molar-refractivity contribution >= 4 is 15.7 Å². The van der Waals surface area contributed by atoms with E-state index in [0.717, 1.165) is 11.1 Å². The van der Waals surface area contributed by atoms with Gasteiger partial charge in [-0.3, -0.25) is 4.31 Å². The molecular formula is C17H19NO3S. The summed E-state index contributed by atoms with van der Waals surface area (Å²) >= 11 is 0. The summed E-state index contributed by atoms with van der Waals surface area (Å²) in [6, 6.07) is 16.8. The normalized spacial score (nSPS) is 17.2. The van der Waals surface area contributed by atoms with Gasteiger partial charge < -0.3 is 4.74 Å². The second-order valence-corrected chi connectivity index (χ2v) is 7.46. The third kappa shape index (κ3) is 3.67. The molecule has 3 rings (SSSR count). The molecule has 0 N–H and O–H groups in total. The van der Waals surface area contributed by atoms with Crippen LogP contribution in [0.15, 0.2) is 54.6 Å². The Bertz CT molecular complexity index is 740. The minimum Gasteiger partial charge on any atom is -0.371 e. The molecule has 1 aliphatic rings. The number of aryl methyl sites for hydroxylation is 1. The molecule has 1 fully saturated rings. The van der Waals surface area contributed by atoms with Crippen LogP contribution in [0.4, 0.5) is 5.69 Å². The summed E-state index contributed by atoms with van der Waals surface area (Å²) in [6.07, 6.45) is 0.00694. The highest BCUT2D eigenvalue weighted by molar-refractivity contribution is 7.92. The quantitative estimate of drug-likeness (QED) is 0.770. The number of hydrogen-bond acceptors (Lipinski definition) is 3. The Balaban J connectivity index is 1.88. The van der Waals surface area contributed by atoms with E-state index in [1.807, 2.05) is 61.5 Å². The maximum Gasteiger partial charge on any atom is 0.239 e. The molecule has 1 atom stereocenters. The molecular weight excluding hydrogens is 298 g/mol. The molecule has 2 aromatic rings. The fourth-order valence-corrected chi connectivity index (χ4v) is 4.02. The Morgan fingerprint density at radius 1 is 1.14 bits per heavy atom. The molecule has 0 amide bonds. The highest BCUT2D eigenvalue weighted by Gasteiger charge is 2.31. The molecule has 5 heteroatoms. The van der Waals surface area contributed by atoms with Crippen molar-refractivity contribution in [2.45, 2.75) is 18.8 Å². The number of anilines is 1.